The summed E-state index contributed by atoms with van der Waals surface area (Å²) >= 11 is 1.14. The molecule has 1 aliphatic heterocycles. The summed E-state index contributed by atoms with van der Waals surface area (Å²) < 4.78 is 13.1. The van der Waals surface area contributed by atoms with Crippen LogP contribution in [0.15, 0.2) is 11.4 Å². The fraction of sp³-hybridized carbons (Fsp3) is 0.444. The average Bonchev–Trinajstić information content (AvgIpc) is 2.73. The van der Waals surface area contributed by atoms with Gasteiger partial charge in [0.05, 0.1) is 0 Å². The van der Waals surface area contributed by atoms with Gasteiger partial charge in [-0.3, -0.25) is 4.79 Å². The SMILES string of the molecule is N[C@@H]1CCN(C(=O)c2sccc2F)C1. The van der Waals surface area contributed by atoms with Crippen molar-refractivity contribution in [2.45, 2.75) is 12.5 Å². The van der Waals surface area contributed by atoms with E-state index in [1.807, 2.05) is 0 Å². The monoisotopic (exact) mass is 214 g/mol. The normalized spacial score (nSPS) is 21.6. The summed E-state index contributed by atoms with van der Waals surface area (Å²) in [7, 11) is 0. The summed E-state index contributed by atoms with van der Waals surface area (Å²) in [6.45, 7) is 1.17. The molecule has 0 aromatic carbocycles. The van der Waals surface area contributed by atoms with E-state index in [1.165, 1.54) is 6.07 Å². The van der Waals surface area contributed by atoms with Crippen molar-refractivity contribution >= 4 is 17.2 Å². The standard InChI is InChI=1S/C9H11FN2OS/c10-7-2-4-14-8(7)9(13)12-3-1-6(11)5-12/h2,4,6H,1,3,5,11H2/t6-/m1/s1. The molecule has 1 amide bonds. The third-order valence-electron chi connectivity index (χ3n) is 2.32. The van der Waals surface area contributed by atoms with E-state index in [9.17, 15) is 9.18 Å². The number of thiophene rings is 1. The Bertz CT molecular complexity index is 352. The first-order valence-corrected chi connectivity index (χ1v) is 5.34. The number of halogens is 1. The molecule has 5 heteroatoms. The van der Waals surface area contributed by atoms with Gasteiger partial charge in [-0.1, -0.05) is 0 Å². The highest BCUT2D eigenvalue weighted by molar-refractivity contribution is 7.12. The summed E-state index contributed by atoms with van der Waals surface area (Å²) in [5, 5.41) is 1.58. The van der Waals surface area contributed by atoms with Gasteiger partial charge >= 0.3 is 0 Å². The zero-order valence-corrected chi connectivity index (χ0v) is 8.39. The van der Waals surface area contributed by atoms with Crippen molar-refractivity contribution in [3.05, 3.63) is 22.1 Å². The van der Waals surface area contributed by atoms with Gasteiger partial charge in [0.15, 0.2) is 0 Å². The summed E-state index contributed by atoms with van der Waals surface area (Å²) in [6, 6.07) is 1.36. The quantitative estimate of drug-likeness (QED) is 0.759. The topological polar surface area (TPSA) is 46.3 Å². The molecule has 0 saturated carbocycles. The van der Waals surface area contributed by atoms with Crippen molar-refractivity contribution in [1.29, 1.82) is 0 Å². The van der Waals surface area contributed by atoms with Crippen LogP contribution in [0, 0.1) is 5.82 Å². The molecular weight excluding hydrogens is 203 g/mol. The fourth-order valence-electron chi connectivity index (χ4n) is 1.56. The van der Waals surface area contributed by atoms with Crippen LogP contribution < -0.4 is 5.73 Å². The summed E-state index contributed by atoms with van der Waals surface area (Å²) in [5.74, 6) is -0.661. The lowest BCUT2D eigenvalue weighted by Gasteiger charge is -2.14. The third-order valence-corrected chi connectivity index (χ3v) is 3.20. The molecule has 0 radical (unpaired) electrons. The van der Waals surface area contributed by atoms with Crippen LogP contribution in [0.4, 0.5) is 4.39 Å². The van der Waals surface area contributed by atoms with Crippen molar-refractivity contribution in [3.63, 3.8) is 0 Å². The van der Waals surface area contributed by atoms with Gasteiger partial charge in [0.2, 0.25) is 0 Å². The maximum atomic E-state index is 13.1. The summed E-state index contributed by atoms with van der Waals surface area (Å²) in [5.41, 5.74) is 5.67. The second-order valence-electron chi connectivity index (χ2n) is 3.40. The molecule has 14 heavy (non-hydrogen) atoms. The molecule has 1 fully saturated rings. The Morgan fingerprint density at radius 2 is 2.50 bits per heavy atom. The lowest BCUT2D eigenvalue weighted by atomic mass is 10.3. The van der Waals surface area contributed by atoms with E-state index in [-0.39, 0.29) is 16.8 Å². The molecule has 0 unspecified atom stereocenters. The smallest absolute Gasteiger partial charge is 0.266 e. The van der Waals surface area contributed by atoms with Crippen LogP contribution in [0.1, 0.15) is 16.1 Å². The number of hydrogen-bond acceptors (Lipinski definition) is 3. The number of nitrogens with zero attached hydrogens (tertiary/aromatic N) is 1. The second-order valence-corrected chi connectivity index (χ2v) is 4.31. The Hall–Kier alpha value is -0.940. The van der Waals surface area contributed by atoms with Crippen LogP contribution in [0.25, 0.3) is 0 Å². The van der Waals surface area contributed by atoms with E-state index in [4.69, 9.17) is 5.73 Å². The van der Waals surface area contributed by atoms with Gasteiger partial charge in [-0.25, -0.2) is 4.39 Å². The number of hydrogen-bond donors (Lipinski definition) is 1. The first-order chi connectivity index (χ1) is 6.68. The van der Waals surface area contributed by atoms with Crippen LogP contribution in [-0.4, -0.2) is 29.9 Å². The first-order valence-electron chi connectivity index (χ1n) is 4.46. The second kappa shape index (κ2) is 3.67. The molecule has 2 heterocycles. The molecule has 1 aromatic rings. The van der Waals surface area contributed by atoms with Crippen molar-refractivity contribution in [2.75, 3.05) is 13.1 Å². The Balaban J connectivity index is 2.13. The van der Waals surface area contributed by atoms with Crippen LogP contribution >= 0.6 is 11.3 Å². The lowest BCUT2D eigenvalue weighted by molar-refractivity contribution is 0.0791. The Morgan fingerprint density at radius 1 is 1.71 bits per heavy atom. The highest BCUT2D eigenvalue weighted by atomic mass is 32.1. The molecule has 1 aliphatic rings. The molecule has 0 bridgehead atoms. The number of amides is 1. The fourth-order valence-corrected chi connectivity index (χ4v) is 2.30. The summed E-state index contributed by atoms with van der Waals surface area (Å²) in [4.78, 5) is 13.5. The van der Waals surface area contributed by atoms with Gasteiger partial charge in [-0.2, -0.15) is 0 Å². The molecular formula is C9H11FN2OS. The van der Waals surface area contributed by atoms with Gasteiger partial charge < -0.3 is 10.6 Å². The molecule has 2 N–H and O–H groups in total. The minimum absolute atomic E-state index is 0.0435. The van der Waals surface area contributed by atoms with Gasteiger partial charge in [-0.05, 0) is 17.9 Å². The van der Waals surface area contributed by atoms with Gasteiger partial charge in [0.1, 0.15) is 10.7 Å². The van der Waals surface area contributed by atoms with Crippen LogP contribution in [0.5, 0.6) is 0 Å². The predicted molar refractivity (Wildman–Crippen MR) is 52.8 cm³/mol. The number of carbonyl (C=O) groups excluding carboxylic acids is 1. The Kier molecular flexibility index (Phi) is 2.52. The van der Waals surface area contributed by atoms with E-state index in [1.54, 1.807) is 10.3 Å². The maximum absolute atomic E-state index is 13.1. The largest absolute Gasteiger partial charge is 0.336 e. The Morgan fingerprint density at radius 3 is 3.00 bits per heavy atom. The maximum Gasteiger partial charge on any atom is 0.266 e. The van der Waals surface area contributed by atoms with E-state index in [2.05, 4.69) is 0 Å². The Labute approximate surface area is 85.3 Å². The number of carbonyl (C=O) groups is 1. The molecule has 1 atom stereocenters. The average molecular weight is 214 g/mol. The molecule has 0 aliphatic carbocycles. The van der Waals surface area contributed by atoms with Crippen LogP contribution in [0.2, 0.25) is 0 Å². The molecule has 1 aromatic heterocycles. The zero-order valence-electron chi connectivity index (χ0n) is 7.57. The van der Waals surface area contributed by atoms with Gasteiger partial charge in [0, 0.05) is 19.1 Å². The van der Waals surface area contributed by atoms with Crippen molar-refractivity contribution in [1.82, 2.24) is 4.90 Å². The minimum Gasteiger partial charge on any atom is -0.336 e. The minimum atomic E-state index is -0.430. The van der Waals surface area contributed by atoms with Crippen molar-refractivity contribution < 1.29 is 9.18 Å². The van der Waals surface area contributed by atoms with Crippen molar-refractivity contribution in [3.8, 4) is 0 Å². The van der Waals surface area contributed by atoms with E-state index in [0.717, 1.165) is 17.8 Å². The lowest BCUT2D eigenvalue weighted by Crippen LogP contribution is -2.31. The molecule has 76 valence electrons. The number of rotatable bonds is 1. The summed E-state index contributed by atoms with van der Waals surface area (Å²) in [6.07, 6.45) is 0.804. The van der Waals surface area contributed by atoms with Gasteiger partial charge in [0.25, 0.3) is 5.91 Å². The molecule has 3 nitrogen and oxygen atoms in total. The first kappa shape index (κ1) is 9.61. The molecule has 0 spiro atoms. The van der Waals surface area contributed by atoms with E-state index >= 15 is 0 Å². The highest BCUT2D eigenvalue weighted by Crippen LogP contribution is 2.19. The molecule has 2 rings (SSSR count). The highest BCUT2D eigenvalue weighted by Gasteiger charge is 2.26. The van der Waals surface area contributed by atoms with Gasteiger partial charge in [-0.15, -0.1) is 11.3 Å². The van der Waals surface area contributed by atoms with Crippen LogP contribution in [0.3, 0.4) is 0 Å². The molecule has 1 saturated heterocycles. The zero-order chi connectivity index (χ0) is 10.1. The number of nitrogens with two attached hydrogens (primary N) is 1. The van der Waals surface area contributed by atoms with E-state index in [0.29, 0.717) is 13.1 Å². The van der Waals surface area contributed by atoms with E-state index < -0.39 is 5.82 Å². The predicted octanol–water partition coefficient (Wildman–Crippen LogP) is 1.06. The third kappa shape index (κ3) is 1.65. The number of likely N-dealkylation sites (tertiary alicyclic amines) is 1. The van der Waals surface area contributed by atoms with Crippen molar-refractivity contribution in [2.24, 2.45) is 5.73 Å². The van der Waals surface area contributed by atoms with Crippen LogP contribution in [-0.2, 0) is 0 Å².